The quantitative estimate of drug-likeness (QED) is 0.899. The molecule has 1 aromatic rings. The van der Waals surface area contributed by atoms with E-state index < -0.39 is 24.5 Å². The van der Waals surface area contributed by atoms with Gasteiger partial charge in [0.15, 0.2) is 0 Å². The maximum absolute atomic E-state index is 12.4. The van der Waals surface area contributed by atoms with Gasteiger partial charge in [0.25, 0.3) is 0 Å². The first-order valence-corrected chi connectivity index (χ1v) is 7.90. The van der Waals surface area contributed by atoms with Crippen LogP contribution in [0.15, 0.2) is 6.20 Å². The van der Waals surface area contributed by atoms with E-state index in [9.17, 15) is 22.8 Å². The van der Waals surface area contributed by atoms with Gasteiger partial charge in [-0.2, -0.15) is 18.3 Å². The Kier molecular flexibility index (Phi) is 4.27. The topological polar surface area (TPSA) is 67.2 Å². The third-order valence-corrected chi connectivity index (χ3v) is 4.65. The normalized spacial score (nSPS) is 24.2. The lowest BCUT2D eigenvalue weighted by Crippen LogP contribution is -2.38. The number of nitrogens with zero attached hydrogens (tertiary/aromatic N) is 3. The van der Waals surface area contributed by atoms with Gasteiger partial charge in [-0.05, 0) is 19.3 Å². The maximum Gasteiger partial charge on any atom is 0.406 e. The number of alkyl halides is 3. The van der Waals surface area contributed by atoms with Gasteiger partial charge in [-0.3, -0.25) is 14.3 Å². The van der Waals surface area contributed by atoms with Crippen molar-refractivity contribution in [1.82, 2.24) is 20.0 Å². The predicted octanol–water partition coefficient (Wildman–Crippen LogP) is 1.32. The monoisotopic (exact) mass is 344 g/mol. The molecule has 6 nitrogen and oxygen atoms in total. The fourth-order valence-electron chi connectivity index (χ4n) is 3.46. The molecular weight excluding hydrogens is 325 g/mol. The van der Waals surface area contributed by atoms with Crippen LogP contribution in [0.3, 0.4) is 0 Å². The van der Waals surface area contributed by atoms with Crippen LogP contribution in [0.1, 0.15) is 36.6 Å². The zero-order chi connectivity index (χ0) is 17.5. The summed E-state index contributed by atoms with van der Waals surface area (Å²) in [5.41, 5.74) is 2.02. The third-order valence-electron chi connectivity index (χ3n) is 4.65. The molecule has 0 bridgehead atoms. The molecule has 0 spiro atoms. The minimum atomic E-state index is -4.45. The number of likely N-dealkylation sites (tertiary alicyclic amines) is 1. The standard InChI is InChI=1S/C15H19F3N4O2/c1-21-12-4-2-3-11(10(12)6-19-21)20-14(24)9-5-13(23)22(7-9)8-15(16,17)18/h6,9,11H,2-5,7-8H2,1H3,(H,20,24)/t9-,11-/m1/s1. The van der Waals surface area contributed by atoms with Crippen molar-refractivity contribution in [2.75, 3.05) is 13.1 Å². The Morgan fingerprint density at radius 2 is 2.21 bits per heavy atom. The number of nitrogens with one attached hydrogen (secondary N) is 1. The first kappa shape index (κ1) is 16.8. The molecule has 0 radical (unpaired) electrons. The van der Waals surface area contributed by atoms with Gasteiger partial charge in [-0.15, -0.1) is 0 Å². The number of hydrogen-bond acceptors (Lipinski definition) is 3. The van der Waals surface area contributed by atoms with Crippen LogP contribution in [0.5, 0.6) is 0 Å². The Morgan fingerprint density at radius 1 is 1.46 bits per heavy atom. The molecule has 3 rings (SSSR count). The second-order valence-corrected chi connectivity index (χ2v) is 6.41. The molecule has 0 aromatic carbocycles. The molecule has 0 unspecified atom stereocenters. The van der Waals surface area contributed by atoms with E-state index in [1.54, 1.807) is 10.9 Å². The van der Waals surface area contributed by atoms with E-state index in [1.165, 1.54) is 0 Å². The number of amides is 2. The van der Waals surface area contributed by atoms with E-state index in [1.807, 2.05) is 7.05 Å². The van der Waals surface area contributed by atoms with Gasteiger partial charge >= 0.3 is 6.18 Å². The maximum atomic E-state index is 12.4. The van der Waals surface area contributed by atoms with Gasteiger partial charge < -0.3 is 10.2 Å². The van der Waals surface area contributed by atoms with Crippen LogP contribution in [0.4, 0.5) is 13.2 Å². The summed E-state index contributed by atoms with van der Waals surface area (Å²) in [5, 5.41) is 7.08. The number of hydrogen-bond donors (Lipinski definition) is 1. The molecule has 0 saturated carbocycles. The van der Waals surface area contributed by atoms with Crippen LogP contribution in [-0.2, 0) is 23.1 Å². The zero-order valence-corrected chi connectivity index (χ0v) is 13.3. The van der Waals surface area contributed by atoms with Crippen LogP contribution in [0, 0.1) is 5.92 Å². The fourth-order valence-corrected chi connectivity index (χ4v) is 3.46. The summed E-state index contributed by atoms with van der Waals surface area (Å²) in [6, 6.07) is -0.193. The molecule has 1 saturated heterocycles. The van der Waals surface area contributed by atoms with E-state index in [-0.39, 0.29) is 24.9 Å². The SMILES string of the molecule is Cn1ncc2c1CCC[C@H]2NC(=O)[C@@H]1CC(=O)N(CC(F)(F)F)C1. The summed E-state index contributed by atoms with van der Waals surface area (Å²) < 4.78 is 39.1. The van der Waals surface area contributed by atoms with Gasteiger partial charge in [-0.25, -0.2) is 0 Å². The smallest absolute Gasteiger partial charge is 0.349 e. The number of halogens is 3. The Balaban J connectivity index is 1.63. The van der Waals surface area contributed by atoms with Crippen molar-refractivity contribution in [3.8, 4) is 0 Å². The fraction of sp³-hybridized carbons (Fsp3) is 0.667. The average Bonchev–Trinajstić information content (AvgIpc) is 3.03. The molecule has 1 N–H and O–H groups in total. The molecule has 24 heavy (non-hydrogen) atoms. The summed E-state index contributed by atoms with van der Waals surface area (Å²) in [6.45, 7) is -1.48. The molecule has 1 aromatic heterocycles. The lowest BCUT2D eigenvalue weighted by atomic mass is 9.92. The summed E-state index contributed by atoms with van der Waals surface area (Å²) in [7, 11) is 1.84. The van der Waals surface area contributed by atoms with Gasteiger partial charge in [-0.1, -0.05) is 0 Å². The highest BCUT2D eigenvalue weighted by Gasteiger charge is 2.41. The van der Waals surface area contributed by atoms with Gasteiger partial charge in [0.1, 0.15) is 6.54 Å². The van der Waals surface area contributed by atoms with E-state index in [0.29, 0.717) is 4.90 Å². The molecule has 2 atom stereocenters. The highest BCUT2D eigenvalue weighted by atomic mass is 19.4. The van der Waals surface area contributed by atoms with Crippen molar-refractivity contribution >= 4 is 11.8 Å². The van der Waals surface area contributed by atoms with Crippen LogP contribution in [-0.4, -0.2) is 45.8 Å². The third kappa shape index (κ3) is 3.39. The minimum absolute atomic E-state index is 0.172. The molecule has 1 aliphatic carbocycles. The van der Waals surface area contributed by atoms with E-state index in [2.05, 4.69) is 10.4 Å². The zero-order valence-electron chi connectivity index (χ0n) is 13.3. The van der Waals surface area contributed by atoms with E-state index in [4.69, 9.17) is 0 Å². The number of fused-ring (bicyclic) bond motifs is 1. The summed E-state index contributed by atoms with van der Waals surface area (Å²) in [4.78, 5) is 24.8. The van der Waals surface area contributed by atoms with Crippen LogP contribution in [0.25, 0.3) is 0 Å². The molecular formula is C15H19F3N4O2. The minimum Gasteiger partial charge on any atom is -0.349 e. The van der Waals surface area contributed by atoms with Crippen molar-refractivity contribution in [2.24, 2.45) is 13.0 Å². The van der Waals surface area contributed by atoms with Crippen molar-refractivity contribution in [2.45, 2.75) is 37.9 Å². The number of rotatable bonds is 3. The summed E-state index contributed by atoms with van der Waals surface area (Å²) in [6.07, 6.45) is -0.350. The Labute approximate surface area is 137 Å². The second kappa shape index (κ2) is 6.10. The van der Waals surface area contributed by atoms with Crippen molar-refractivity contribution < 1.29 is 22.8 Å². The summed E-state index contributed by atoms with van der Waals surface area (Å²) in [5.74, 6) is -1.73. The van der Waals surface area contributed by atoms with Gasteiger partial charge in [0.05, 0.1) is 18.2 Å². The lowest BCUT2D eigenvalue weighted by Gasteiger charge is -2.25. The van der Waals surface area contributed by atoms with Gasteiger partial charge in [0, 0.05) is 31.3 Å². The highest BCUT2D eigenvalue weighted by Crippen LogP contribution is 2.30. The molecule has 2 heterocycles. The molecule has 2 aliphatic rings. The van der Waals surface area contributed by atoms with Crippen LogP contribution in [0.2, 0.25) is 0 Å². The van der Waals surface area contributed by atoms with Crippen molar-refractivity contribution in [3.63, 3.8) is 0 Å². The predicted molar refractivity (Wildman–Crippen MR) is 77.8 cm³/mol. The number of aryl methyl sites for hydroxylation is 1. The van der Waals surface area contributed by atoms with Crippen molar-refractivity contribution in [1.29, 1.82) is 0 Å². The first-order chi connectivity index (χ1) is 11.2. The molecule has 1 fully saturated rings. The van der Waals surface area contributed by atoms with E-state index in [0.717, 1.165) is 30.5 Å². The highest BCUT2D eigenvalue weighted by molar-refractivity contribution is 5.89. The molecule has 132 valence electrons. The Morgan fingerprint density at radius 3 is 2.92 bits per heavy atom. The first-order valence-electron chi connectivity index (χ1n) is 7.90. The Hall–Kier alpha value is -2.06. The lowest BCUT2D eigenvalue weighted by molar-refractivity contribution is -0.157. The molecule has 9 heteroatoms. The Bertz CT molecular complexity index is 656. The van der Waals surface area contributed by atoms with Crippen molar-refractivity contribution in [3.05, 3.63) is 17.5 Å². The number of aromatic nitrogens is 2. The number of carbonyl (C=O) groups is 2. The second-order valence-electron chi connectivity index (χ2n) is 6.41. The van der Waals surface area contributed by atoms with Crippen LogP contribution >= 0.6 is 0 Å². The molecule has 2 amide bonds. The average molecular weight is 344 g/mol. The van der Waals surface area contributed by atoms with E-state index >= 15 is 0 Å². The number of carbonyl (C=O) groups excluding carboxylic acids is 2. The molecule has 1 aliphatic heterocycles. The summed E-state index contributed by atoms with van der Waals surface area (Å²) >= 11 is 0. The largest absolute Gasteiger partial charge is 0.406 e. The van der Waals surface area contributed by atoms with Crippen LogP contribution < -0.4 is 5.32 Å². The van der Waals surface area contributed by atoms with Gasteiger partial charge in [0.2, 0.25) is 11.8 Å².